The van der Waals surface area contributed by atoms with Gasteiger partial charge in [-0.3, -0.25) is 4.79 Å². The first-order chi connectivity index (χ1) is 10.4. The van der Waals surface area contributed by atoms with Gasteiger partial charge in [-0.15, -0.1) is 0 Å². The van der Waals surface area contributed by atoms with Crippen molar-refractivity contribution in [2.75, 3.05) is 5.32 Å². The molecule has 0 radical (unpaired) electrons. The lowest BCUT2D eigenvalue weighted by Gasteiger charge is -2.28. The summed E-state index contributed by atoms with van der Waals surface area (Å²) in [5.41, 5.74) is 1.47. The van der Waals surface area contributed by atoms with Gasteiger partial charge in [0.2, 0.25) is 0 Å². The number of amides is 1. The molecule has 22 heavy (non-hydrogen) atoms. The third kappa shape index (κ3) is 5.37. The average molecular weight is 556 g/mol. The number of benzene rings is 2. The zero-order valence-electron chi connectivity index (χ0n) is 11.2. The van der Waals surface area contributed by atoms with E-state index >= 15 is 0 Å². The van der Waals surface area contributed by atoms with Gasteiger partial charge in [-0.05, 0) is 30.3 Å². The standard InChI is InChI=1S/C15H12Br4N2O/c16-11-7-4-8-12(9-11)20-14(15(17,18)19)21-13(22)10-5-2-1-3-6-10/h1-9,14,20H,(H,21,22)/t14-/m0/s1. The van der Waals surface area contributed by atoms with Gasteiger partial charge in [0.05, 0.1) is 0 Å². The van der Waals surface area contributed by atoms with E-state index in [1.54, 1.807) is 12.1 Å². The molecule has 0 fully saturated rings. The largest absolute Gasteiger partial charge is 0.363 e. The second kappa shape index (κ2) is 7.95. The molecule has 1 atom stereocenters. The molecule has 0 aliphatic heterocycles. The van der Waals surface area contributed by atoms with Crippen LogP contribution in [0.1, 0.15) is 10.4 Å². The van der Waals surface area contributed by atoms with Crippen molar-refractivity contribution in [3.63, 3.8) is 0 Å². The number of nitrogens with one attached hydrogen (secondary N) is 2. The van der Waals surface area contributed by atoms with Crippen molar-refractivity contribution in [3.8, 4) is 0 Å². The van der Waals surface area contributed by atoms with Gasteiger partial charge in [-0.1, -0.05) is 88.0 Å². The average Bonchev–Trinajstić information content (AvgIpc) is 2.46. The number of carbonyl (C=O) groups is 1. The number of hydrogen-bond acceptors (Lipinski definition) is 2. The van der Waals surface area contributed by atoms with Crippen molar-refractivity contribution < 1.29 is 4.79 Å². The zero-order chi connectivity index (χ0) is 16.2. The second-order valence-corrected chi connectivity index (χ2v) is 12.3. The first-order valence-corrected chi connectivity index (χ1v) is 9.48. The van der Waals surface area contributed by atoms with Gasteiger partial charge in [-0.2, -0.15) is 0 Å². The molecule has 3 nitrogen and oxygen atoms in total. The molecular weight excluding hydrogens is 544 g/mol. The Morgan fingerprint density at radius 1 is 1.00 bits per heavy atom. The van der Waals surface area contributed by atoms with Gasteiger partial charge in [-0.25, -0.2) is 0 Å². The molecule has 2 aromatic carbocycles. The summed E-state index contributed by atoms with van der Waals surface area (Å²) < 4.78 is 0.259. The number of rotatable bonds is 4. The second-order valence-electron chi connectivity index (χ2n) is 4.47. The zero-order valence-corrected chi connectivity index (χ0v) is 17.5. The Morgan fingerprint density at radius 3 is 2.27 bits per heavy atom. The van der Waals surface area contributed by atoms with Gasteiger partial charge in [0, 0.05) is 15.7 Å². The monoisotopic (exact) mass is 552 g/mol. The van der Waals surface area contributed by atoms with E-state index in [-0.39, 0.29) is 5.91 Å². The van der Waals surface area contributed by atoms with E-state index in [2.05, 4.69) is 74.4 Å². The number of alkyl halides is 3. The van der Waals surface area contributed by atoms with Crippen LogP contribution in [0.3, 0.4) is 0 Å². The SMILES string of the molecule is O=C(N[C@H](Nc1cccc(Br)c1)C(Br)(Br)Br)c1ccccc1. The molecule has 0 spiro atoms. The van der Waals surface area contributed by atoms with Gasteiger partial charge >= 0.3 is 0 Å². The topological polar surface area (TPSA) is 41.1 Å². The molecule has 2 N–H and O–H groups in total. The van der Waals surface area contributed by atoms with Crippen molar-refractivity contribution in [1.82, 2.24) is 5.32 Å². The summed E-state index contributed by atoms with van der Waals surface area (Å²) in [4.78, 5) is 12.3. The molecule has 0 saturated carbocycles. The van der Waals surface area contributed by atoms with Crippen LogP contribution in [0.4, 0.5) is 5.69 Å². The summed E-state index contributed by atoms with van der Waals surface area (Å²) in [5, 5.41) is 6.19. The van der Waals surface area contributed by atoms with Gasteiger partial charge in [0.1, 0.15) is 6.17 Å². The van der Waals surface area contributed by atoms with Crippen molar-refractivity contribution in [2.24, 2.45) is 0 Å². The lowest BCUT2D eigenvalue weighted by atomic mass is 10.2. The van der Waals surface area contributed by atoms with E-state index in [1.807, 2.05) is 42.5 Å². The third-order valence-electron chi connectivity index (χ3n) is 2.77. The summed E-state index contributed by atoms with van der Waals surface area (Å²) in [5.74, 6) is -0.171. The van der Waals surface area contributed by atoms with Crippen LogP contribution < -0.4 is 10.6 Å². The summed E-state index contributed by atoms with van der Waals surface area (Å²) in [6, 6.07) is 16.8. The molecule has 7 heteroatoms. The van der Waals surface area contributed by atoms with Crippen molar-refractivity contribution in [2.45, 2.75) is 8.31 Å². The highest BCUT2D eigenvalue weighted by Crippen LogP contribution is 2.37. The fraction of sp³-hybridized carbons (Fsp3) is 0.133. The van der Waals surface area contributed by atoms with Crippen LogP contribution in [-0.4, -0.2) is 14.2 Å². The quantitative estimate of drug-likeness (QED) is 0.389. The summed E-state index contributed by atoms with van der Waals surface area (Å²) in [7, 11) is 0. The van der Waals surface area contributed by atoms with Crippen LogP contribution in [0.15, 0.2) is 59.1 Å². The fourth-order valence-electron chi connectivity index (χ4n) is 1.75. The highest BCUT2D eigenvalue weighted by Gasteiger charge is 2.32. The van der Waals surface area contributed by atoms with E-state index in [9.17, 15) is 4.79 Å². The fourth-order valence-corrected chi connectivity index (χ4v) is 2.83. The molecule has 2 aromatic rings. The molecule has 0 heterocycles. The number of halogens is 4. The van der Waals surface area contributed by atoms with Crippen LogP contribution >= 0.6 is 63.7 Å². The molecule has 0 saturated heterocycles. The minimum Gasteiger partial charge on any atom is -0.363 e. The molecule has 0 unspecified atom stereocenters. The van der Waals surface area contributed by atoms with Gasteiger partial charge < -0.3 is 10.6 Å². The van der Waals surface area contributed by atoms with E-state index in [0.29, 0.717) is 5.56 Å². The molecular formula is C15H12Br4N2O. The van der Waals surface area contributed by atoms with E-state index in [4.69, 9.17) is 0 Å². The number of carbonyl (C=O) groups excluding carboxylic acids is 1. The Kier molecular flexibility index (Phi) is 6.49. The van der Waals surface area contributed by atoms with Crippen molar-refractivity contribution >= 4 is 75.3 Å². The molecule has 0 bridgehead atoms. The minimum absolute atomic E-state index is 0.171. The highest BCUT2D eigenvalue weighted by atomic mass is 80.0. The molecule has 0 aliphatic rings. The smallest absolute Gasteiger partial charge is 0.252 e. The molecule has 0 aromatic heterocycles. The van der Waals surface area contributed by atoms with Crippen LogP contribution in [-0.2, 0) is 0 Å². The first kappa shape index (κ1) is 18.0. The molecule has 0 aliphatic carbocycles. The Bertz CT molecular complexity index is 643. The van der Waals surface area contributed by atoms with Crippen molar-refractivity contribution in [1.29, 1.82) is 0 Å². The maximum Gasteiger partial charge on any atom is 0.252 e. The van der Waals surface area contributed by atoms with E-state index in [0.717, 1.165) is 10.2 Å². The Hall–Kier alpha value is -0.370. The van der Waals surface area contributed by atoms with Crippen LogP contribution in [0, 0.1) is 0 Å². The molecule has 116 valence electrons. The lowest BCUT2D eigenvalue weighted by molar-refractivity contribution is 0.0943. The maximum absolute atomic E-state index is 12.3. The van der Waals surface area contributed by atoms with E-state index < -0.39 is 8.31 Å². The third-order valence-corrected chi connectivity index (χ3v) is 4.64. The Morgan fingerprint density at radius 2 is 1.68 bits per heavy atom. The Balaban J connectivity index is 2.15. The highest BCUT2D eigenvalue weighted by molar-refractivity contribution is 9.39. The predicted octanol–water partition coefficient (Wildman–Crippen LogP) is 5.46. The molecule has 2 rings (SSSR count). The lowest BCUT2D eigenvalue weighted by Crippen LogP contribution is -2.48. The van der Waals surface area contributed by atoms with Crippen LogP contribution in [0.2, 0.25) is 0 Å². The van der Waals surface area contributed by atoms with Crippen molar-refractivity contribution in [3.05, 3.63) is 64.6 Å². The van der Waals surface area contributed by atoms with Crippen LogP contribution in [0.5, 0.6) is 0 Å². The Labute approximate surface area is 162 Å². The first-order valence-electron chi connectivity index (χ1n) is 6.31. The van der Waals surface area contributed by atoms with E-state index in [1.165, 1.54) is 0 Å². The molecule has 1 amide bonds. The maximum atomic E-state index is 12.3. The van der Waals surface area contributed by atoms with Gasteiger partial charge in [0.15, 0.2) is 2.14 Å². The number of anilines is 1. The number of hydrogen-bond donors (Lipinski definition) is 2. The summed E-state index contributed by atoms with van der Waals surface area (Å²) in [6.45, 7) is 0. The predicted molar refractivity (Wildman–Crippen MR) is 105 cm³/mol. The minimum atomic E-state index is -0.695. The summed E-state index contributed by atoms with van der Waals surface area (Å²) >= 11 is 13.8. The van der Waals surface area contributed by atoms with Gasteiger partial charge in [0.25, 0.3) is 5.91 Å². The summed E-state index contributed by atoms with van der Waals surface area (Å²) in [6.07, 6.45) is -0.436. The normalized spacial score (nSPS) is 12.5. The van der Waals surface area contributed by atoms with Crippen LogP contribution in [0.25, 0.3) is 0 Å².